The molecule has 1 fully saturated rings. The summed E-state index contributed by atoms with van der Waals surface area (Å²) in [5.41, 5.74) is 0.720. The molecule has 0 saturated carbocycles. The molecule has 1 saturated heterocycles. The summed E-state index contributed by atoms with van der Waals surface area (Å²) in [4.78, 5) is 27.0. The fourth-order valence-electron chi connectivity index (χ4n) is 3.51. The lowest BCUT2D eigenvalue weighted by atomic mass is 10.0. The van der Waals surface area contributed by atoms with Crippen LogP contribution in [0.1, 0.15) is 33.6 Å². The zero-order valence-electron chi connectivity index (χ0n) is 17.2. The van der Waals surface area contributed by atoms with E-state index in [9.17, 15) is 14.0 Å². The summed E-state index contributed by atoms with van der Waals surface area (Å²) in [6, 6.07) is 8.75. The number of halogens is 1. The van der Waals surface area contributed by atoms with Gasteiger partial charge in [0.05, 0.1) is 21.3 Å². The Balaban J connectivity index is 1.63. The van der Waals surface area contributed by atoms with E-state index in [1.165, 1.54) is 39.5 Å². The van der Waals surface area contributed by atoms with Gasteiger partial charge in [-0.25, -0.2) is 4.39 Å². The van der Waals surface area contributed by atoms with Crippen molar-refractivity contribution in [1.29, 1.82) is 0 Å². The Morgan fingerprint density at radius 2 is 1.60 bits per heavy atom. The number of carbonyl (C=O) groups excluding carboxylic acids is 2. The predicted octanol–water partition coefficient (Wildman–Crippen LogP) is 2.89. The normalized spacial score (nSPS) is 14.2. The molecule has 1 aliphatic heterocycles. The molecule has 160 valence electrons. The lowest BCUT2D eigenvalue weighted by Gasteiger charge is -2.32. The summed E-state index contributed by atoms with van der Waals surface area (Å²) in [7, 11) is 4.50. The molecule has 0 aliphatic carbocycles. The highest BCUT2D eigenvalue weighted by Gasteiger charge is 2.26. The van der Waals surface area contributed by atoms with Crippen LogP contribution < -0.4 is 19.5 Å². The van der Waals surface area contributed by atoms with E-state index in [-0.39, 0.29) is 23.4 Å². The summed E-state index contributed by atoms with van der Waals surface area (Å²) in [5, 5.41) is 2.91. The van der Waals surface area contributed by atoms with Crippen molar-refractivity contribution >= 4 is 11.8 Å². The maximum atomic E-state index is 13.3. The molecule has 1 heterocycles. The summed E-state index contributed by atoms with van der Waals surface area (Å²) < 4.78 is 29.2. The lowest BCUT2D eigenvalue weighted by molar-refractivity contribution is 0.0697. The van der Waals surface area contributed by atoms with Gasteiger partial charge in [-0.15, -0.1) is 0 Å². The Bertz CT molecular complexity index is 900. The van der Waals surface area contributed by atoms with Crippen LogP contribution in [0.2, 0.25) is 0 Å². The van der Waals surface area contributed by atoms with Gasteiger partial charge in [0.25, 0.3) is 11.8 Å². The van der Waals surface area contributed by atoms with Gasteiger partial charge in [0.1, 0.15) is 5.82 Å². The number of hydrogen-bond donors (Lipinski definition) is 1. The molecule has 0 radical (unpaired) electrons. The molecule has 0 atom stereocenters. The first-order valence-electron chi connectivity index (χ1n) is 9.62. The molecule has 30 heavy (non-hydrogen) atoms. The Labute approximate surface area is 174 Å². The number of amides is 2. The van der Waals surface area contributed by atoms with E-state index in [4.69, 9.17) is 14.2 Å². The van der Waals surface area contributed by atoms with Crippen molar-refractivity contribution in [1.82, 2.24) is 10.2 Å². The number of hydrogen-bond acceptors (Lipinski definition) is 5. The van der Waals surface area contributed by atoms with Crippen LogP contribution in [0.4, 0.5) is 4.39 Å². The van der Waals surface area contributed by atoms with Gasteiger partial charge in [-0.05, 0) is 43.2 Å². The fourth-order valence-corrected chi connectivity index (χ4v) is 3.51. The minimum absolute atomic E-state index is 0.0789. The number of nitrogens with one attached hydrogen (secondary N) is 1. The fraction of sp³-hybridized carbons (Fsp3) is 0.364. The first-order chi connectivity index (χ1) is 14.5. The molecule has 0 aromatic heterocycles. The van der Waals surface area contributed by atoms with E-state index in [0.29, 0.717) is 48.7 Å². The van der Waals surface area contributed by atoms with E-state index in [1.54, 1.807) is 23.1 Å². The van der Waals surface area contributed by atoms with Gasteiger partial charge in [0, 0.05) is 30.3 Å². The van der Waals surface area contributed by atoms with Gasteiger partial charge in [0.15, 0.2) is 11.5 Å². The van der Waals surface area contributed by atoms with Crippen molar-refractivity contribution in [3.05, 3.63) is 53.3 Å². The minimum atomic E-state index is -0.451. The molecule has 8 heteroatoms. The van der Waals surface area contributed by atoms with Crippen molar-refractivity contribution < 1.29 is 28.2 Å². The second-order valence-electron chi connectivity index (χ2n) is 6.96. The summed E-state index contributed by atoms with van der Waals surface area (Å²) in [6.07, 6.45) is 1.22. The van der Waals surface area contributed by atoms with Crippen LogP contribution >= 0.6 is 0 Å². The Morgan fingerprint density at radius 3 is 2.13 bits per heavy atom. The molecule has 2 aromatic carbocycles. The molecule has 7 nitrogen and oxygen atoms in total. The van der Waals surface area contributed by atoms with Crippen molar-refractivity contribution in [3.63, 3.8) is 0 Å². The topological polar surface area (TPSA) is 77.1 Å². The molecule has 1 aliphatic rings. The number of benzene rings is 2. The van der Waals surface area contributed by atoms with Crippen molar-refractivity contribution in [2.75, 3.05) is 34.4 Å². The zero-order valence-corrected chi connectivity index (χ0v) is 17.2. The van der Waals surface area contributed by atoms with E-state index >= 15 is 0 Å². The van der Waals surface area contributed by atoms with Crippen LogP contribution in [0.25, 0.3) is 0 Å². The smallest absolute Gasteiger partial charge is 0.254 e. The average molecular weight is 416 g/mol. The molecule has 2 amide bonds. The lowest BCUT2D eigenvalue weighted by Crippen LogP contribution is -2.46. The average Bonchev–Trinajstić information content (AvgIpc) is 2.78. The van der Waals surface area contributed by atoms with E-state index in [2.05, 4.69) is 5.32 Å². The summed E-state index contributed by atoms with van der Waals surface area (Å²) in [6.45, 7) is 0.979. The number of nitrogens with zero attached hydrogens (tertiary/aromatic N) is 1. The van der Waals surface area contributed by atoms with E-state index < -0.39 is 5.82 Å². The van der Waals surface area contributed by atoms with Crippen LogP contribution in [0.15, 0.2) is 36.4 Å². The van der Waals surface area contributed by atoms with Crippen LogP contribution in [0.3, 0.4) is 0 Å². The maximum Gasteiger partial charge on any atom is 0.254 e. The number of carbonyl (C=O) groups is 2. The number of rotatable bonds is 6. The van der Waals surface area contributed by atoms with Gasteiger partial charge >= 0.3 is 0 Å². The van der Waals surface area contributed by atoms with Gasteiger partial charge in [-0.1, -0.05) is 6.07 Å². The van der Waals surface area contributed by atoms with Crippen LogP contribution in [0, 0.1) is 5.82 Å². The first-order valence-corrected chi connectivity index (χ1v) is 9.62. The van der Waals surface area contributed by atoms with Crippen LogP contribution in [0.5, 0.6) is 17.2 Å². The van der Waals surface area contributed by atoms with Crippen molar-refractivity contribution in [2.45, 2.75) is 18.9 Å². The van der Waals surface area contributed by atoms with Gasteiger partial charge < -0.3 is 24.4 Å². The molecular formula is C22H25FN2O5. The van der Waals surface area contributed by atoms with Gasteiger partial charge in [-0.3, -0.25) is 9.59 Å². The number of piperidine rings is 1. The van der Waals surface area contributed by atoms with Gasteiger partial charge in [0.2, 0.25) is 5.75 Å². The quantitative estimate of drug-likeness (QED) is 0.784. The second kappa shape index (κ2) is 9.47. The minimum Gasteiger partial charge on any atom is -0.493 e. The third kappa shape index (κ3) is 4.64. The highest BCUT2D eigenvalue weighted by molar-refractivity contribution is 5.96. The van der Waals surface area contributed by atoms with E-state index in [0.717, 1.165) is 0 Å². The molecule has 1 N–H and O–H groups in total. The Hall–Kier alpha value is -3.29. The zero-order chi connectivity index (χ0) is 21.7. The monoisotopic (exact) mass is 416 g/mol. The number of likely N-dealkylation sites (tertiary alicyclic amines) is 1. The van der Waals surface area contributed by atoms with Crippen molar-refractivity contribution in [2.24, 2.45) is 0 Å². The van der Waals surface area contributed by atoms with E-state index in [1.807, 2.05) is 0 Å². The number of ether oxygens (including phenoxy) is 3. The molecule has 0 unspecified atom stereocenters. The standard InChI is InChI=1S/C22H25FN2O5/c1-28-18-12-15(13-19(29-2)20(18)30-3)22(27)25-9-7-17(8-10-25)24-21(26)14-5-4-6-16(23)11-14/h4-6,11-13,17H,7-10H2,1-3H3,(H,24,26). The molecule has 3 rings (SSSR count). The highest BCUT2D eigenvalue weighted by Crippen LogP contribution is 2.38. The van der Waals surface area contributed by atoms with Crippen molar-refractivity contribution in [3.8, 4) is 17.2 Å². The second-order valence-corrected chi connectivity index (χ2v) is 6.96. The molecule has 0 spiro atoms. The third-order valence-electron chi connectivity index (χ3n) is 5.12. The largest absolute Gasteiger partial charge is 0.493 e. The highest BCUT2D eigenvalue weighted by atomic mass is 19.1. The third-order valence-corrected chi connectivity index (χ3v) is 5.12. The Kier molecular flexibility index (Phi) is 6.76. The maximum absolute atomic E-state index is 13.3. The Morgan fingerprint density at radius 1 is 0.967 bits per heavy atom. The summed E-state index contributed by atoms with van der Waals surface area (Å²) >= 11 is 0. The summed E-state index contributed by atoms with van der Waals surface area (Å²) in [5.74, 6) is 0.340. The van der Waals surface area contributed by atoms with Crippen LogP contribution in [-0.2, 0) is 0 Å². The molecular weight excluding hydrogens is 391 g/mol. The predicted molar refractivity (Wildman–Crippen MR) is 109 cm³/mol. The SMILES string of the molecule is COc1cc(C(=O)N2CCC(NC(=O)c3cccc(F)c3)CC2)cc(OC)c1OC. The van der Waals surface area contributed by atoms with Gasteiger partial charge in [-0.2, -0.15) is 0 Å². The number of methoxy groups -OCH3 is 3. The van der Waals surface area contributed by atoms with Crippen LogP contribution in [-0.4, -0.2) is 57.2 Å². The molecule has 0 bridgehead atoms. The molecule has 2 aromatic rings. The first kappa shape index (κ1) is 21.4.